The lowest BCUT2D eigenvalue weighted by atomic mass is 9.91. The zero-order valence-corrected chi connectivity index (χ0v) is 12.0. The molecule has 2 aromatic carbocycles. The molecule has 0 heterocycles. The maximum Gasteiger partial charge on any atom is 0.0998 e. The Labute approximate surface area is 115 Å². The Bertz CT molecular complexity index is 645. The SMILES string of the molecule is Cc1ccc(-c2cc(C(C)C)ccc2C)c(C#N)c1. The van der Waals surface area contributed by atoms with E-state index in [4.69, 9.17) is 0 Å². The molecule has 2 aromatic rings. The fourth-order valence-corrected chi connectivity index (χ4v) is 2.27. The molecule has 1 heteroatoms. The van der Waals surface area contributed by atoms with Crippen molar-refractivity contribution >= 4 is 0 Å². The molecule has 0 saturated heterocycles. The minimum absolute atomic E-state index is 0.496. The highest BCUT2D eigenvalue weighted by Crippen LogP contribution is 2.30. The van der Waals surface area contributed by atoms with Crippen LogP contribution in [0.1, 0.15) is 42.0 Å². The van der Waals surface area contributed by atoms with Gasteiger partial charge in [-0.25, -0.2) is 0 Å². The number of nitrogens with zero attached hydrogens (tertiary/aromatic N) is 1. The summed E-state index contributed by atoms with van der Waals surface area (Å²) in [6, 6.07) is 14.9. The Hall–Kier alpha value is -2.07. The molecule has 0 aliphatic heterocycles. The second-order valence-corrected chi connectivity index (χ2v) is 5.39. The van der Waals surface area contributed by atoms with E-state index in [0.717, 1.165) is 16.7 Å². The van der Waals surface area contributed by atoms with Crippen LogP contribution in [-0.4, -0.2) is 0 Å². The van der Waals surface area contributed by atoms with Crippen LogP contribution < -0.4 is 0 Å². The Morgan fingerprint density at radius 2 is 1.68 bits per heavy atom. The van der Waals surface area contributed by atoms with E-state index in [1.807, 2.05) is 13.0 Å². The summed E-state index contributed by atoms with van der Waals surface area (Å²) in [6.07, 6.45) is 0. The summed E-state index contributed by atoms with van der Waals surface area (Å²) < 4.78 is 0. The van der Waals surface area contributed by atoms with Gasteiger partial charge in [-0.05, 0) is 53.6 Å². The van der Waals surface area contributed by atoms with Crippen molar-refractivity contribution in [3.8, 4) is 17.2 Å². The summed E-state index contributed by atoms with van der Waals surface area (Å²) in [6.45, 7) is 8.49. The molecule has 0 aliphatic carbocycles. The molecule has 0 atom stereocenters. The van der Waals surface area contributed by atoms with Gasteiger partial charge in [-0.2, -0.15) is 5.26 Å². The van der Waals surface area contributed by atoms with Crippen LogP contribution in [0.25, 0.3) is 11.1 Å². The summed E-state index contributed by atoms with van der Waals surface area (Å²) in [5.74, 6) is 0.496. The normalized spacial score (nSPS) is 10.5. The number of hydrogen-bond donors (Lipinski definition) is 0. The van der Waals surface area contributed by atoms with Crippen LogP contribution in [0.15, 0.2) is 36.4 Å². The molecule has 0 amide bonds. The zero-order chi connectivity index (χ0) is 14.0. The molecule has 2 rings (SSSR count). The summed E-state index contributed by atoms with van der Waals surface area (Å²) >= 11 is 0. The van der Waals surface area contributed by atoms with Gasteiger partial charge >= 0.3 is 0 Å². The van der Waals surface area contributed by atoms with Crippen LogP contribution in [0.4, 0.5) is 0 Å². The molecule has 19 heavy (non-hydrogen) atoms. The Morgan fingerprint density at radius 1 is 0.947 bits per heavy atom. The lowest BCUT2D eigenvalue weighted by Gasteiger charge is -2.13. The van der Waals surface area contributed by atoms with E-state index in [-0.39, 0.29) is 0 Å². The highest BCUT2D eigenvalue weighted by Gasteiger charge is 2.10. The third-order valence-electron chi connectivity index (χ3n) is 3.51. The van der Waals surface area contributed by atoms with Gasteiger partial charge in [0.25, 0.3) is 0 Å². The quantitative estimate of drug-likeness (QED) is 0.737. The van der Waals surface area contributed by atoms with Crippen molar-refractivity contribution < 1.29 is 0 Å². The summed E-state index contributed by atoms with van der Waals surface area (Å²) in [5.41, 5.74) is 6.60. The molecule has 0 N–H and O–H groups in total. The van der Waals surface area contributed by atoms with Crippen molar-refractivity contribution in [3.63, 3.8) is 0 Å². The molecule has 0 bridgehead atoms. The van der Waals surface area contributed by atoms with Gasteiger partial charge in [0.05, 0.1) is 11.6 Å². The molecule has 0 unspecified atom stereocenters. The Balaban J connectivity index is 2.65. The van der Waals surface area contributed by atoms with E-state index in [0.29, 0.717) is 5.92 Å². The largest absolute Gasteiger partial charge is 0.192 e. The van der Waals surface area contributed by atoms with Gasteiger partial charge < -0.3 is 0 Å². The van der Waals surface area contributed by atoms with Crippen LogP contribution in [0, 0.1) is 25.2 Å². The molecule has 0 saturated carbocycles. The predicted molar refractivity (Wildman–Crippen MR) is 80.2 cm³/mol. The standard InChI is InChI=1S/C18H19N/c1-12(2)15-7-6-14(4)18(10-15)17-8-5-13(3)9-16(17)11-19/h5-10,12H,1-4H3. The van der Waals surface area contributed by atoms with Gasteiger partial charge in [0.1, 0.15) is 0 Å². The Kier molecular flexibility index (Phi) is 3.71. The average Bonchev–Trinajstić information content (AvgIpc) is 2.39. The third-order valence-corrected chi connectivity index (χ3v) is 3.51. The molecule has 0 fully saturated rings. The van der Waals surface area contributed by atoms with Crippen molar-refractivity contribution in [2.24, 2.45) is 0 Å². The molecular formula is C18H19N. The number of aryl methyl sites for hydroxylation is 2. The summed E-state index contributed by atoms with van der Waals surface area (Å²) in [5, 5.41) is 9.32. The maximum atomic E-state index is 9.32. The topological polar surface area (TPSA) is 23.8 Å². The summed E-state index contributed by atoms with van der Waals surface area (Å²) in [7, 11) is 0. The van der Waals surface area contributed by atoms with Crippen molar-refractivity contribution in [2.75, 3.05) is 0 Å². The van der Waals surface area contributed by atoms with Crippen LogP contribution in [-0.2, 0) is 0 Å². The lowest BCUT2D eigenvalue weighted by molar-refractivity contribution is 0.866. The van der Waals surface area contributed by atoms with Gasteiger partial charge in [-0.3, -0.25) is 0 Å². The van der Waals surface area contributed by atoms with Crippen LogP contribution in [0.3, 0.4) is 0 Å². The number of rotatable bonds is 2. The van der Waals surface area contributed by atoms with Crippen molar-refractivity contribution in [1.29, 1.82) is 5.26 Å². The maximum absolute atomic E-state index is 9.32. The fourth-order valence-electron chi connectivity index (χ4n) is 2.27. The average molecular weight is 249 g/mol. The molecule has 0 aromatic heterocycles. The second kappa shape index (κ2) is 5.28. The van der Waals surface area contributed by atoms with E-state index in [1.165, 1.54) is 16.7 Å². The fraction of sp³-hybridized carbons (Fsp3) is 0.278. The predicted octanol–water partition coefficient (Wildman–Crippen LogP) is 4.97. The molecule has 0 aliphatic rings. The molecule has 0 spiro atoms. The van der Waals surface area contributed by atoms with Gasteiger partial charge in [-0.15, -0.1) is 0 Å². The highest BCUT2D eigenvalue weighted by atomic mass is 14.3. The molecule has 1 nitrogen and oxygen atoms in total. The Morgan fingerprint density at radius 3 is 2.32 bits per heavy atom. The highest BCUT2D eigenvalue weighted by molar-refractivity contribution is 5.74. The third kappa shape index (κ3) is 2.69. The van der Waals surface area contributed by atoms with Crippen molar-refractivity contribution in [2.45, 2.75) is 33.6 Å². The first-order valence-corrected chi connectivity index (χ1v) is 6.64. The molecular weight excluding hydrogens is 230 g/mol. The van der Waals surface area contributed by atoms with Gasteiger partial charge in [0.2, 0.25) is 0 Å². The van der Waals surface area contributed by atoms with E-state index >= 15 is 0 Å². The number of benzene rings is 2. The summed E-state index contributed by atoms with van der Waals surface area (Å²) in [4.78, 5) is 0. The minimum atomic E-state index is 0.496. The smallest absolute Gasteiger partial charge is 0.0998 e. The van der Waals surface area contributed by atoms with Crippen LogP contribution >= 0.6 is 0 Å². The van der Waals surface area contributed by atoms with Crippen molar-refractivity contribution in [3.05, 3.63) is 58.7 Å². The van der Waals surface area contributed by atoms with E-state index in [2.05, 4.69) is 57.2 Å². The van der Waals surface area contributed by atoms with E-state index in [9.17, 15) is 5.26 Å². The van der Waals surface area contributed by atoms with Crippen LogP contribution in [0.5, 0.6) is 0 Å². The number of nitriles is 1. The number of hydrogen-bond acceptors (Lipinski definition) is 1. The first kappa shape index (κ1) is 13.4. The zero-order valence-electron chi connectivity index (χ0n) is 12.0. The first-order valence-electron chi connectivity index (χ1n) is 6.64. The lowest BCUT2D eigenvalue weighted by Crippen LogP contribution is -1.93. The van der Waals surface area contributed by atoms with E-state index < -0.39 is 0 Å². The van der Waals surface area contributed by atoms with E-state index in [1.54, 1.807) is 0 Å². The van der Waals surface area contributed by atoms with Gasteiger partial charge in [0.15, 0.2) is 0 Å². The van der Waals surface area contributed by atoms with Gasteiger partial charge in [0, 0.05) is 0 Å². The monoisotopic (exact) mass is 249 g/mol. The first-order chi connectivity index (χ1) is 9.02. The second-order valence-electron chi connectivity index (χ2n) is 5.39. The minimum Gasteiger partial charge on any atom is -0.192 e. The van der Waals surface area contributed by atoms with Crippen LogP contribution in [0.2, 0.25) is 0 Å². The van der Waals surface area contributed by atoms with Gasteiger partial charge in [-0.1, -0.05) is 44.2 Å². The molecule has 96 valence electrons. The van der Waals surface area contributed by atoms with Crippen molar-refractivity contribution in [1.82, 2.24) is 0 Å². The molecule has 0 radical (unpaired) electrons.